The SMILES string of the molecule is CC(C)COc1ccc(S(=O)(=O)NCCn2nc(C(F)(F)F)c3c2CCOC3)cc1. The third-order valence-corrected chi connectivity index (χ3v) is 5.97. The first-order valence-corrected chi connectivity index (χ1v) is 11.0. The molecule has 0 atom stereocenters. The van der Waals surface area contributed by atoms with Crippen molar-refractivity contribution in [1.82, 2.24) is 14.5 Å². The number of benzene rings is 1. The summed E-state index contributed by atoms with van der Waals surface area (Å²) in [7, 11) is -3.81. The maximum atomic E-state index is 13.2. The Balaban J connectivity index is 1.65. The Morgan fingerprint density at radius 2 is 1.97 bits per heavy atom. The molecule has 166 valence electrons. The average Bonchev–Trinajstić information content (AvgIpc) is 3.06. The number of hydrogen-bond donors (Lipinski definition) is 1. The summed E-state index contributed by atoms with van der Waals surface area (Å²) in [6, 6.07) is 5.98. The second-order valence-electron chi connectivity index (χ2n) is 7.37. The number of nitrogens with zero attached hydrogens (tertiary/aromatic N) is 2. The van der Waals surface area contributed by atoms with E-state index in [4.69, 9.17) is 9.47 Å². The van der Waals surface area contributed by atoms with E-state index >= 15 is 0 Å². The predicted molar refractivity (Wildman–Crippen MR) is 103 cm³/mol. The molecule has 1 aliphatic rings. The monoisotopic (exact) mass is 447 g/mol. The Kier molecular flexibility index (Phi) is 6.73. The van der Waals surface area contributed by atoms with Gasteiger partial charge in [-0.1, -0.05) is 13.8 Å². The lowest BCUT2D eigenvalue weighted by Gasteiger charge is -2.15. The van der Waals surface area contributed by atoms with Crippen LogP contribution in [0, 0.1) is 5.92 Å². The van der Waals surface area contributed by atoms with Crippen molar-refractivity contribution < 1.29 is 31.1 Å². The standard InChI is InChI=1S/C19H24F3N3O4S/c1-13(2)11-29-14-3-5-15(6-4-14)30(26,27)23-8-9-25-17-7-10-28-12-16(17)18(24-25)19(20,21)22/h3-6,13,23H,7-12H2,1-2H3. The van der Waals surface area contributed by atoms with E-state index in [0.717, 1.165) is 0 Å². The molecule has 0 bridgehead atoms. The van der Waals surface area contributed by atoms with Gasteiger partial charge in [-0.2, -0.15) is 18.3 Å². The Morgan fingerprint density at radius 3 is 2.60 bits per heavy atom. The molecule has 0 unspecified atom stereocenters. The number of alkyl halides is 3. The summed E-state index contributed by atoms with van der Waals surface area (Å²) in [6.07, 6.45) is -4.29. The van der Waals surface area contributed by atoms with Crippen LogP contribution in [-0.2, 0) is 40.5 Å². The van der Waals surface area contributed by atoms with Crippen molar-refractivity contribution in [1.29, 1.82) is 0 Å². The molecule has 0 radical (unpaired) electrons. The first-order chi connectivity index (χ1) is 14.1. The van der Waals surface area contributed by atoms with E-state index < -0.39 is 21.9 Å². The molecule has 0 aliphatic carbocycles. The van der Waals surface area contributed by atoms with E-state index in [1.807, 2.05) is 13.8 Å². The van der Waals surface area contributed by atoms with Crippen LogP contribution in [0.2, 0.25) is 0 Å². The zero-order valence-electron chi connectivity index (χ0n) is 16.7. The molecule has 1 aliphatic heterocycles. The van der Waals surface area contributed by atoms with Gasteiger partial charge in [0.05, 0.1) is 31.3 Å². The maximum Gasteiger partial charge on any atom is 0.435 e. The summed E-state index contributed by atoms with van der Waals surface area (Å²) in [6.45, 7) is 4.55. The maximum absolute atomic E-state index is 13.2. The van der Waals surface area contributed by atoms with Gasteiger partial charge in [0.25, 0.3) is 0 Å². The summed E-state index contributed by atoms with van der Waals surface area (Å²) in [5.74, 6) is 0.903. The van der Waals surface area contributed by atoms with Crippen molar-refractivity contribution in [3.8, 4) is 5.75 Å². The van der Waals surface area contributed by atoms with Crippen molar-refractivity contribution in [3.05, 3.63) is 41.2 Å². The van der Waals surface area contributed by atoms with E-state index in [1.54, 1.807) is 12.1 Å². The Hall–Kier alpha value is -2.11. The first-order valence-electron chi connectivity index (χ1n) is 9.54. The van der Waals surface area contributed by atoms with Crippen molar-refractivity contribution >= 4 is 10.0 Å². The van der Waals surface area contributed by atoms with Crippen molar-refractivity contribution in [2.24, 2.45) is 5.92 Å². The van der Waals surface area contributed by atoms with Crippen molar-refractivity contribution in [3.63, 3.8) is 0 Å². The molecule has 7 nitrogen and oxygen atoms in total. The third kappa shape index (κ3) is 5.32. The molecule has 0 amide bonds. The highest BCUT2D eigenvalue weighted by atomic mass is 32.2. The number of sulfonamides is 1. The minimum absolute atomic E-state index is 0.0206. The van der Waals surface area contributed by atoms with E-state index in [-0.39, 0.29) is 30.2 Å². The molecule has 0 fully saturated rings. The lowest BCUT2D eigenvalue weighted by Crippen LogP contribution is -2.28. The van der Waals surface area contributed by atoms with Gasteiger partial charge in [-0.3, -0.25) is 4.68 Å². The van der Waals surface area contributed by atoms with Crippen LogP contribution in [0.4, 0.5) is 13.2 Å². The van der Waals surface area contributed by atoms with E-state index in [0.29, 0.717) is 37.0 Å². The molecule has 0 saturated carbocycles. The second-order valence-corrected chi connectivity index (χ2v) is 9.14. The van der Waals surface area contributed by atoms with Gasteiger partial charge >= 0.3 is 6.18 Å². The molecule has 0 spiro atoms. The highest BCUT2D eigenvalue weighted by Crippen LogP contribution is 2.34. The van der Waals surface area contributed by atoms with Gasteiger partial charge in [0.2, 0.25) is 10.0 Å². The van der Waals surface area contributed by atoms with Crippen LogP contribution in [0.1, 0.15) is 30.8 Å². The van der Waals surface area contributed by atoms with Crippen LogP contribution in [0.25, 0.3) is 0 Å². The topological polar surface area (TPSA) is 82.5 Å². The number of halogens is 3. The van der Waals surface area contributed by atoms with Crippen LogP contribution >= 0.6 is 0 Å². The van der Waals surface area contributed by atoms with Gasteiger partial charge in [-0.15, -0.1) is 0 Å². The van der Waals surface area contributed by atoms with Crippen LogP contribution in [0.15, 0.2) is 29.2 Å². The quantitative estimate of drug-likeness (QED) is 0.673. The fraction of sp³-hybridized carbons (Fsp3) is 0.526. The second kappa shape index (κ2) is 8.94. The highest BCUT2D eigenvalue weighted by molar-refractivity contribution is 7.89. The van der Waals surface area contributed by atoms with Gasteiger partial charge in [-0.05, 0) is 30.2 Å². The molecule has 0 saturated heterocycles. The Bertz CT molecular complexity index is 970. The zero-order valence-corrected chi connectivity index (χ0v) is 17.5. The summed E-state index contributed by atoms with van der Waals surface area (Å²) in [5.41, 5.74) is -0.523. The third-order valence-electron chi connectivity index (χ3n) is 4.50. The fourth-order valence-electron chi connectivity index (χ4n) is 3.07. The number of fused-ring (bicyclic) bond motifs is 1. The predicted octanol–water partition coefficient (Wildman–Crippen LogP) is 2.99. The van der Waals surface area contributed by atoms with Crippen molar-refractivity contribution in [2.45, 2.75) is 44.5 Å². The van der Waals surface area contributed by atoms with Gasteiger partial charge < -0.3 is 9.47 Å². The van der Waals surface area contributed by atoms with Crippen molar-refractivity contribution in [2.75, 3.05) is 19.8 Å². The Labute approximate surface area is 173 Å². The molecule has 30 heavy (non-hydrogen) atoms. The van der Waals surface area contributed by atoms with Crippen LogP contribution in [-0.4, -0.2) is 38.0 Å². The van der Waals surface area contributed by atoms with Gasteiger partial charge in [0.15, 0.2) is 5.69 Å². The highest BCUT2D eigenvalue weighted by Gasteiger charge is 2.39. The molecule has 1 aromatic heterocycles. The zero-order chi connectivity index (χ0) is 21.9. The number of ether oxygens (including phenoxy) is 2. The lowest BCUT2D eigenvalue weighted by molar-refractivity contribution is -0.142. The molecule has 2 aromatic rings. The molecular weight excluding hydrogens is 423 g/mol. The smallest absolute Gasteiger partial charge is 0.435 e. The number of hydrogen-bond acceptors (Lipinski definition) is 5. The van der Waals surface area contributed by atoms with E-state index in [9.17, 15) is 21.6 Å². The van der Waals surface area contributed by atoms with E-state index in [1.165, 1.54) is 16.8 Å². The number of aromatic nitrogens is 2. The van der Waals surface area contributed by atoms with Gasteiger partial charge in [0, 0.05) is 24.2 Å². The molecule has 11 heteroatoms. The molecule has 2 heterocycles. The summed E-state index contributed by atoms with van der Waals surface area (Å²) >= 11 is 0. The fourth-order valence-corrected chi connectivity index (χ4v) is 4.09. The molecule has 1 N–H and O–H groups in total. The van der Waals surface area contributed by atoms with Gasteiger partial charge in [0.1, 0.15) is 5.75 Å². The van der Waals surface area contributed by atoms with Crippen LogP contribution in [0.3, 0.4) is 0 Å². The normalized spacial score (nSPS) is 14.7. The minimum atomic E-state index is -4.59. The lowest BCUT2D eigenvalue weighted by atomic mass is 10.1. The summed E-state index contributed by atoms with van der Waals surface area (Å²) < 4.78 is 78.8. The average molecular weight is 447 g/mol. The molecular formula is C19H24F3N3O4S. The number of rotatable bonds is 8. The Morgan fingerprint density at radius 1 is 1.27 bits per heavy atom. The minimum Gasteiger partial charge on any atom is -0.493 e. The van der Waals surface area contributed by atoms with E-state index in [2.05, 4.69) is 9.82 Å². The first kappa shape index (κ1) is 22.6. The largest absolute Gasteiger partial charge is 0.493 e. The number of nitrogens with one attached hydrogen (secondary N) is 1. The molecule has 1 aromatic carbocycles. The van der Waals surface area contributed by atoms with Gasteiger partial charge in [-0.25, -0.2) is 13.1 Å². The summed E-state index contributed by atoms with van der Waals surface area (Å²) in [5, 5.41) is 3.66. The molecule has 3 rings (SSSR count). The van der Waals surface area contributed by atoms with Crippen LogP contribution < -0.4 is 9.46 Å². The van der Waals surface area contributed by atoms with Crippen LogP contribution in [0.5, 0.6) is 5.75 Å². The summed E-state index contributed by atoms with van der Waals surface area (Å²) in [4.78, 5) is 0.0475.